The summed E-state index contributed by atoms with van der Waals surface area (Å²) >= 11 is 1.53. The molecule has 0 saturated carbocycles. The van der Waals surface area contributed by atoms with Crippen LogP contribution in [0.15, 0.2) is 46.3 Å². The molecule has 2 aromatic rings. The fraction of sp³-hybridized carbons (Fsp3) is 0.400. The normalized spacial score (nSPS) is 13.3. The third-order valence-corrected chi connectivity index (χ3v) is 5.46. The topological polar surface area (TPSA) is 86.2 Å². The summed E-state index contributed by atoms with van der Waals surface area (Å²) in [7, 11) is 1.96. The first kappa shape index (κ1) is 26.4. The lowest BCUT2D eigenvalue weighted by atomic mass is 10.1. The first-order valence-electron chi connectivity index (χ1n) is 10.6. The molecule has 0 amide bonds. The number of thioether (sulfide) groups is 1. The van der Waals surface area contributed by atoms with Crippen molar-refractivity contribution in [3.63, 3.8) is 0 Å². The monoisotopic (exact) mass is 472 g/mol. The summed E-state index contributed by atoms with van der Waals surface area (Å²) in [6, 6.07) is 12.4. The Bertz CT molecular complexity index is 970. The fourth-order valence-corrected chi connectivity index (χ4v) is 3.82. The number of aliphatic imine (C=N–C) groups is 1. The number of ether oxygens (including phenoxy) is 3. The smallest absolute Gasteiger partial charge is 0.293 e. The molecule has 0 saturated heterocycles. The molecule has 7 nitrogen and oxygen atoms in total. The van der Waals surface area contributed by atoms with Crippen molar-refractivity contribution in [2.45, 2.75) is 57.7 Å². The minimum absolute atomic E-state index is 0.283. The molecule has 0 spiro atoms. The highest BCUT2D eigenvalue weighted by molar-refractivity contribution is 8.14. The molecule has 2 aliphatic heterocycles. The molecule has 0 fully saturated rings. The molecule has 4 rings (SSSR count). The Morgan fingerprint density at radius 3 is 2.45 bits per heavy atom. The van der Waals surface area contributed by atoms with E-state index in [9.17, 15) is 9.59 Å². The SMILES string of the molecule is CC(C)(C)OC=O.CNCc1cccc(C)c1.O=CCC1=NCc2cc3c(cc2S1)OCO3. The van der Waals surface area contributed by atoms with E-state index in [0.29, 0.717) is 19.4 Å². The number of nitrogens with zero attached hydrogens (tertiary/aromatic N) is 1. The maximum Gasteiger partial charge on any atom is 0.293 e. The molecule has 0 unspecified atom stereocenters. The van der Waals surface area contributed by atoms with Crippen molar-refractivity contribution in [3.05, 3.63) is 53.1 Å². The molecule has 0 atom stereocenters. The number of fused-ring (bicyclic) bond motifs is 2. The predicted octanol–water partition coefficient (Wildman–Crippen LogP) is 4.68. The van der Waals surface area contributed by atoms with Gasteiger partial charge in [0, 0.05) is 11.4 Å². The summed E-state index contributed by atoms with van der Waals surface area (Å²) in [6.07, 6.45) is 1.27. The largest absolute Gasteiger partial charge is 0.462 e. The number of aldehydes is 1. The van der Waals surface area contributed by atoms with Gasteiger partial charge in [-0.05, 0) is 58.0 Å². The van der Waals surface area contributed by atoms with E-state index in [1.165, 1.54) is 22.9 Å². The summed E-state index contributed by atoms with van der Waals surface area (Å²) in [5.41, 5.74) is 3.49. The Morgan fingerprint density at radius 1 is 1.15 bits per heavy atom. The number of rotatable bonds is 5. The fourth-order valence-electron chi connectivity index (χ4n) is 2.86. The second kappa shape index (κ2) is 13.0. The maximum absolute atomic E-state index is 10.4. The van der Waals surface area contributed by atoms with Crippen LogP contribution in [0, 0.1) is 6.92 Å². The van der Waals surface area contributed by atoms with Gasteiger partial charge in [0.2, 0.25) is 6.79 Å². The molecule has 0 aromatic heterocycles. The van der Waals surface area contributed by atoms with Crippen LogP contribution in [0.1, 0.15) is 43.9 Å². The van der Waals surface area contributed by atoms with Crippen LogP contribution in [0.25, 0.3) is 0 Å². The molecule has 33 heavy (non-hydrogen) atoms. The van der Waals surface area contributed by atoms with Gasteiger partial charge in [0.1, 0.15) is 11.9 Å². The average Bonchev–Trinajstić information content (AvgIpc) is 3.20. The van der Waals surface area contributed by atoms with E-state index >= 15 is 0 Å². The Kier molecular flexibility index (Phi) is 10.4. The number of carbonyl (C=O) groups is 2. The van der Waals surface area contributed by atoms with Gasteiger partial charge in [-0.3, -0.25) is 9.79 Å². The molecule has 2 aliphatic rings. The van der Waals surface area contributed by atoms with Crippen LogP contribution in [0.3, 0.4) is 0 Å². The average molecular weight is 473 g/mol. The van der Waals surface area contributed by atoms with Crippen molar-refractivity contribution < 1.29 is 23.8 Å². The van der Waals surface area contributed by atoms with Crippen molar-refractivity contribution in [1.29, 1.82) is 0 Å². The highest BCUT2D eigenvalue weighted by Gasteiger charge is 2.20. The van der Waals surface area contributed by atoms with Crippen molar-refractivity contribution in [3.8, 4) is 11.5 Å². The van der Waals surface area contributed by atoms with Gasteiger partial charge in [0.25, 0.3) is 6.47 Å². The lowest BCUT2D eigenvalue weighted by molar-refractivity contribution is -0.138. The van der Waals surface area contributed by atoms with Crippen LogP contribution in [0.4, 0.5) is 0 Å². The zero-order valence-corrected chi connectivity index (χ0v) is 20.7. The quantitative estimate of drug-likeness (QED) is 0.632. The van der Waals surface area contributed by atoms with Gasteiger partial charge in [-0.2, -0.15) is 0 Å². The standard InChI is InChI=1S/C11H9NO3S.C9H13N.C5H10O2/c13-2-1-11-12-5-7-3-8-9(15-6-14-8)4-10(7)16-11;1-8-4-3-5-9(6-8)7-10-2;1-5(2,3)7-4-6/h2-4H,1,5-6H2;3-6,10H,7H2,1-2H3;4H,1-3H3. The second-order valence-electron chi connectivity index (χ2n) is 8.34. The number of nitrogens with one attached hydrogen (secondary N) is 1. The van der Waals surface area contributed by atoms with E-state index in [2.05, 4.69) is 46.2 Å². The second-order valence-corrected chi connectivity index (χ2v) is 9.46. The number of hydrogen-bond donors (Lipinski definition) is 1. The van der Waals surface area contributed by atoms with E-state index in [0.717, 1.165) is 39.8 Å². The van der Waals surface area contributed by atoms with Crippen LogP contribution >= 0.6 is 11.8 Å². The molecule has 2 aromatic carbocycles. The number of benzene rings is 2. The van der Waals surface area contributed by atoms with Crippen molar-refractivity contribution in [1.82, 2.24) is 5.32 Å². The zero-order chi connectivity index (χ0) is 24.3. The van der Waals surface area contributed by atoms with Crippen molar-refractivity contribution in [2.24, 2.45) is 4.99 Å². The zero-order valence-electron chi connectivity index (χ0n) is 19.8. The maximum atomic E-state index is 10.4. The van der Waals surface area contributed by atoms with Gasteiger partial charge < -0.3 is 24.3 Å². The van der Waals surface area contributed by atoms with Gasteiger partial charge in [-0.25, -0.2) is 0 Å². The van der Waals surface area contributed by atoms with E-state index in [1.54, 1.807) is 0 Å². The van der Waals surface area contributed by atoms with Crippen LogP contribution in [-0.4, -0.2) is 37.2 Å². The Morgan fingerprint density at radius 2 is 1.88 bits per heavy atom. The van der Waals surface area contributed by atoms with Crippen LogP contribution < -0.4 is 14.8 Å². The lowest BCUT2D eigenvalue weighted by Crippen LogP contribution is -2.17. The number of hydrogen-bond acceptors (Lipinski definition) is 8. The van der Waals surface area contributed by atoms with Crippen molar-refractivity contribution in [2.75, 3.05) is 13.8 Å². The van der Waals surface area contributed by atoms with Gasteiger partial charge in [-0.1, -0.05) is 41.6 Å². The summed E-state index contributed by atoms with van der Waals surface area (Å²) < 4.78 is 15.2. The Balaban J connectivity index is 0.000000195. The Labute approximate surface area is 199 Å². The molecule has 0 aliphatic carbocycles. The summed E-state index contributed by atoms with van der Waals surface area (Å²) in [4.78, 5) is 25.5. The van der Waals surface area contributed by atoms with Gasteiger partial charge in [-0.15, -0.1) is 0 Å². The van der Waals surface area contributed by atoms with E-state index < -0.39 is 0 Å². The summed E-state index contributed by atoms with van der Waals surface area (Å²) in [6.45, 7) is 9.89. The molecular weight excluding hydrogens is 440 g/mol. The molecule has 0 bridgehead atoms. The van der Waals surface area contributed by atoms with Gasteiger partial charge >= 0.3 is 0 Å². The van der Waals surface area contributed by atoms with Crippen molar-refractivity contribution >= 4 is 29.6 Å². The predicted molar refractivity (Wildman–Crippen MR) is 131 cm³/mol. The highest BCUT2D eigenvalue weighted by atomic mass is 32.2. The number of aryl methyl sites for hydroxylation is 1. The third-order valence-electron chi connectivity index (χ3n) is 4.33. The van der Waals surface area contributed by atoms with Crippen LogP contribution in [0.5, 0.6) is 11.5 Å². The minimum atomic E-state index is -0.318. The van der Waals surface area contributed by atoms with E-state index in [-0.39, 0.29) is 12.4 Å². The molecule has 8 heteroatoms. The molecular formula is C25H32N2O5S. The first-order chi connectivity index (χ1) is 15.8. The molecule has 178 valence electrons. The molecule has 2 heterocycles. The van der Waals surface area contributed by atoms with Crippen LogP contribution in [-0.2, 0) is 27.4 Å². The van der Waals surface area contributed by atoms with E-state index in [4.69, 9.17) is 9.47 Å². The summed E-state index contributed by atoms with van der Waals surface area (Å²) in [5, 5.41) is 3.97. The third kappa shape index (κ3) is 9.27. The Hall–Kier alpha value is -2.84. The number of carbonyl (C=O) groups excluding carboxylic acids is 2. The van der Waals surface area contributed by atoms with E-state index in [1.807, 2.05) is 40.0 Å². The lowest BCUT2D eigenvalue weighted by Gasteiger charge is -2.14. The molecule has 1 N–H and O–H groups in total. The van der Waals surface area contributed by atoms with Gasteiger partial charge in [0.05, 0.1) is 18.0 Å². The van der Waals surface area contributed by atoms with Crippen LogP contribution in [0.2, 0.25) is 0 Å². The highest BCUT2D eigenvalue weighted by Crippen LogP contribution is 2.41. The summed E-state index contributed by atoms with van der Waals surface area (Å²) in [5.74, 6) is 1.56. The van der Waals surface area contributed by atoms with Gasteiger partial charge in [0.15, 0.2) is 11.5 Å². The first-order valence-corrected chi connectivity index (χ1v) is 11.5. The minimum Gasteiger partial charge on any atom is -0.462 e. The molecule has 0 radical (unpaired) electrons.